The Labute approximate surface area is 206 Å². The molecule has 180 valence electrons. The fourth-order valence-electron chi connectivity index (χ4n) is 4.72. The highest BCUT2D eigenvalue weighted by atomic mass is 16.6. The number of hydrogen-bond donors (Lipinski definition) is 1. The molecule has 0 radical (unpaired) electrons. The van der Waals surface area contributed by atoms with E-state index in [4.69, 9.17) is 9.47 Å². The molecule has 0 heterocycles. The maximum absolute atomic E-state index is 13.2. The van der Waals surface area contributed by atoms with E-state index in [1.165, 1.54) is 6.08 Å². The van der Waals surface area contributed by atoms with Gasteiger partial charge in [-0.2, -0.15) is 0 Å². The zero-order valence-corrected chi connectivity index (χ0v) is 20.4. The van der Waals surface area contributed by atoms with E-state index >= 15 is 0 Å². The number of rotatable bonds is 8. The molecule has 1 atom stereocenters. The average Bonchev–Trinajstić information content (AvgIpc) is 3.12. The van der Waals surface area contributed by atoms with Crippen LogP contribution in [-0.4, -0.2) is 30.2 Å². The molecule has 1 N–H and O–H groups in total. The molecule has 35 heavy (non-hydrogen) atoms. The van der Waals surface area contributed by atoms with Crippen molar-refractivity contribution in [3.63, 3.8) is 0 Å². The van der Waals surface area contributed by atoms with Gasteiger partial charge in [0.1, 0.15) is 18.2 Å². The highest BCUT2D eigenvalue weighted by Crippen LogP contribution is 2.51. The molecule has 0 amide bonds. The van der Waals surface area contributed by atoms with Crippen molar-refractivity contribution in [2.24, 2.45) is 0 Å². The Hall–Kier alpha value is -3.70. The van der Waals surface area contributed by atoms with E-state index in [9.17, 15) is 9.59 Å². The predicted octanol–water partition coefficient (Wildman–Crippen LogP) is 5.38. The minimum atomic E-state index is -0.954. The summed E-state index contributed by atoms with van der Waals surface area (Å²) in [6, 6.07) is 25.3. The van der Waals surface area contributed by atoms with Gasteiger partial charge in [0, 0.05) is 0 Å². The fourth-order valence-corrected chi connectivity index (χ4v) is 4.72. The summed E-state index contributed by atoms with van der Waals surface area (Å²) in [6.45, 7) is 9.10. The third-order valence-corrected chi connectivity index (χ3v) is 5.97. The Morgan fingerprint density at radius 2 is 1.46 bits per heavy atom. The number of esters is 2. The van der Waals surface area contributed by atoms with Crippen LogP contribution in [0, 0.1) is 0 Å². The lowest BCUT2D eigenvalue weighted by Gasteiger charge is -2.37. The Morgan fingerprint density at radius 1 is 0.914 bits per heavy atom. The van der Waals surface area contributed by atoms with Gasteiger partial charge in [-0.1, -0.05) is 91.5 Å². The van der Waals surface area contributed by atoms with Crippen LogP contribution in [0.15, 0.2) is 91.5 Å². The Kier molecular flexibility index (Phi) is 6.90. The summed E-state index contributed by atoms with van der Waals surface area (Å²) in [6.07, 6.45) is 1.34. The van der Waals surface area contributed by atoms with Crippen molar-refractivity contribution in [2.75, 3.05) is 6.61 Å². The first-order valence-electron chi connectivity index (χ1n) is 11.8. The molecule has 0 saturated carbocycles. The molecule has 0 spiro atoms. The van der Waals surface area contributed by atoms with Crippen LogP contribution in [-0.2, 0) is 24.6 Å². The summed E-state index contributed by atoms with van der Waals surface area (Å²) in [5.41, 5.74) is 3.61. The Bertz CT molecular complexity index is 1180. The van der Waals surface area contributed by atoms with Gasteiger partial charge in [0.15, 0.2) is 0 Å². The van der Waals surface area contributed by atoms with Crippen LogP contribution in [0.1, 0.15) is 43.9 Å². The van der Waals surface area contributed by atoms with E-state index in [0.717, 1.165) is 27.8 Å². The SMILES string of the molecule is C=CCOC(=O)[C@H](CC(=O)OC(C)(C)C)NC1(c2ccccc2)c2ccccc2-c2ccccc21. The normalized spacial score (nSPS) is 14.4. The quantitative estimate of drug-likeness (QED) is 0.355. The van der Waals surface area contributed by atoms with Crippen molar-refractivity contribution in [2.45, 2.75) is 44.4 Å². The third kappa shape index (κ3) is 4.91. The zero-order chi connectivity index (χ0) is 25.1. The molecule has 3 aromatic carbocycles. The van der Waals surface area contributed by atoms with Gasteiger partial charge in [0.25, 0.3) is 0 Å². The maximum atomic E-state index is 13.2. The van der Waals surface area contributed by atoms with E-state index in [2.05, 4.69) is 36.2 Å². The second kappa shape index (κ2) is 9.88. The summed E-state index contributed by atoms with van der Waals surface area (Å²) < 4.78 is 11.0. The second-order valence-electron chi connectivity index (χ2n) is 9.61. The molecule has 0 aliphatic heterocycles. The largest absolute Gasteiger partial charge is 0.460 e. The number of ether oxygens (including phenoxy) is 2. The van der Waals surface area contributed by atoms with Gasteiger partial charge in [-0.05, 0) is 48.6 Å². The summed E-state index contributed by atoms with van der Waals surface area (Å²) in [4.78, 5) is 26.1. The van der Waals surface area contributed by atoms with Crippen LogP contribution >= 0.6 is 0 Å². The number of benzene rings is 3. The molecule has 0 saturated heterocycles. The number of carbonyl (C=O) groups is 2. The minimum absolute atomic E-state index is 0.0524. The first kappa shape index (κ1) is 24.4. The first-order chi connectivity index (χ1) is 16.8. The van der Waals surface area contributed by atoms with Crippen molar-refractivity contribution in [3.05, 3.63) is 108 Å². The van der Waals surface area contributed by atoms with Crippen molar-refractivity contribution < 1.29 is 19.1 Å². The van der Waals surface area contributed by atoms with Crippen LogP contribution in [0.3, 0.4) is 0 Å². The summed E-state index contributed by atoms with van der Waals surface area (Å²) in [5.74, 6) is -1.01. The predicted molar refractivity (Wildman–Crippen MR) is 137 cm³/mol. The van der Waals surface area contributed by atoms with E-state index in [1.54, 1.807) is 20.8 Å². The van der Waals surface area contributed by atoms with Gasteiger partial charge < -0.3 is 9.47 Å². The van der Waals surface area contributed by atoms with Crippen molar-refractivity contribution in [1.82, 2.24) is 5.32 Å². The molecule has 0 aromatic heterocycles. The lowest BCUT2D eigenvalue weighted by Crippen LogP contribution is -2.53. The molecular formula is C30H31NO4. The smallest absolute Gasteiger partial charge is 0.324 e. The van der Waals surface area contributed by atoms with Crippen molar-refractivity contribution in [3.8, 4) is 11.1 Å². The first-order valence-corrected chi connectivity index (χ1v) is 11.8. The maximum Gasteiger partial charge on any atom is 0.324 e. The topological polar surface area (TPSA) is 64.6 Å². The molecule has 0 unspecified atom stereocenters. The molecule has 4 rings (SSSR count). The molecule has 0 bridgehead atoms. The zero-order valence-electron chi connectivity index (χ0n) is 20.4. The van der Waals surface area contributed by atoms with Crippen LogP contribution in [0.4, 0.5) is 0 Å². The van der Waals surface area contributed by atoms with Crippen LogP contribution in [0.5, 0.6) is 0 Å². The van der Waals surface area contributed by atoms with Crippen molar-refractivity contribution >= 4 is 11.9 Å². The highest BCUT2D eigenvalue weighted by molar-refractivity contribution is 5.86. The lowest BCUT2D eigenvalue weighted by atomic mass is 9.79. The molecule has 3 aromatic rings. The third-order valence-electron chi connectivity index (χ3n) is 5.97. The highest BCUT2D eigenvalue weighted by Gasteiger charge is 2.47. The standard InChI is InChI=1S/C30H31NO4/c1-5-19-34-28(33)26(20-27(32)35-29(2,3)4)31-30(21-13-7-6-8-14-21)24-17-11-9-15-22(24)23-16-10-12-18-25(23)30/h5-18,26,31H,1,19-20H2,2-4H3/t26-/m0/s1. The molecule has 0 fully saturated rings. The minimum Gasteiger partial charge on any atom is -0.460 e. The molecule has 5 nitrogen and oxygen atoms in total. The van der Waals surface area contributed by atoms with Crippen molar-refractivity contribution in [1.29, 1.82) is 0 Å². The van der Waals surface area contributed by atoms with Gasteiger partial charge in [0.2, 0.25) is 0 Å². The lowest BCUT2D eigenvalue weighted by molar-refractivity contribution is -0.159. The number of nitrogens with one attached hydrogen (secondary N) is 1. The van der Waals surface area contributed by atoms with Gasteiger partial charge in [-0.25, -0.2) is 0 Å². The average molecular weight is 470 g/mol. The monoisotopic (exact) mass is 469 g/mol. The van der Waals surface area contributed by atoms with Crippen LogP contribution in [0.2, 0.25) is 0 Å². The number of hydrogen-bond acceptors (Lipinski definition) is 5. The van der Waals surface area contributed by atoms with E-state index in [0.29, 0.717) is 0 Å². The molecule has 5 heteroatoms. The van der Waals surface area contributed by atoms with E-state index in [1.807, 2.05) is 54.6 Å². The van der Waals surface area contributed by atoms with E-state index < -0.39 is 29.1 Å². The van der Waals surface area contributed by atoms with Gasteiger partial charge in [0.05, 0.1) is 12.0 Å². The van der Waals surface area contributed by atoms with Gasteiger partial charge >= 0.3 is 11.9 Å². The van der Waals surface area contributed by atoms with E-state index in [-0.39, 0.29) is 13.0 Å². The summed E-state index contributed by atoms with van der Waals surface area (Å²) >= 11 is 0. The summed E-state index contributed by atoms with van der Waals surface area (Å²) in [5, 5.41) is 3.57. The number of carbonyl (C=O) groups excluding carboxylic acids is 2. The fraction of sp³-hybridized carbons (Fsp3) is 0.267. The van der Waals surface area contributed by atoms with Gasteiger partial charge in [-0.15, -0.1) is 0 Å². The molecule has 1 aliphatic rings. The van der Waals surface area contributed by atoms with Gasteiger partial charge in [-0.3, -0.25) is 14.9 Å². The Balaban J connectivity index is 1.86. The molecule has 1 aliphatic carbocycles. The Morgan fingerprint density at radius 3 is 2.00 bits per heavy atom. The molecular weight excluding hydrogens is 438 g/mol. The van der Waals surface area contributed by atoms with Crippen LogP contribution < -0.4 is 5.32 Å². The van der Waals surface area contributed by atoms with Crippen LogP contribution in [0.25, 0.3) is 11.1 Å². The number of fused-ring (bicyclic) bond motifs is 3. The second-order valence-corrected chi connectivity index (χ2v) is 9.61. The summed E-state index contributed by atoms with van der Waals surface area (Å²) in [7, 11) is 0.